The second-order valence-electron chi connectivity index (χ2n) is 18.6. The zero-order valence-corrected chi connectivity index (χ0v) is 42.4. The van der Waals surface area contributed by atoms with Gasteiger partial charge in [0.05, 0.1) is 42.7 Å². The van der Waals surface area contributed by atoms with E-state index in [1.807, 2.05) is 46.2 Å². The summed E-state index contributed by atoms with van der Waals surface area (Å²) in [5.41, 5.74) is 5.59. The fraction of sp³-hybridized carbons (Fsp3) is 0.474. The Bertz CT molecular complexity index is 2260. The standard InChI is InChI=1S/C32H44N2O4.C25H32N2O4/c1-24(18-25-12-7-5-8-13-25)21-34(23-28-16-11-17-33(28)22-26-14-9-6-10-15-26)32(35)27-19-29(36-2)31(38-4)30(20-27)37-3;1-18(13-19-9-6-5-7-10-19)16-27(17-21-11-8-12-26-21)25(28)20-14-22(29-2)24(31-4)23(15-20)30-3/h5,7-8,12-13,18-20,26,28H,6,9-11,14-17,21-23H2,1-4H3;5-7,9-10,13-15,21,26H,8,11-12,16-17H2,1-4H3/b24-18+;18-13+. The lowest BCUT2D eigenvalue weighted by Gasteiger charge is -2.34. The van der Waals surface area contributed by atoms with E-state index in [1.165, 1.54) is 38.5 Å². The van der Waals surface area contributed by atoms with Gasteiger partial charge in [-0.05, 0) is 107 Å². The molecule has 0 bridgehead atoms. The Morgan fingerprint density at radius 1 is 0.580 bits per heavy atom. The van der Waals surface area contributed by atoms with Crippen molar-refractivity contribution in [2.75, 3.05) is 88.5 Å². The molecule has 1 N–H and O–H groups in total. The van der Waals surface area contributed by atoms with E-state index in [4.69, 9.17) is 28.4 Å². The Morgan fingerprint density at radius 3 is 1.46 bits per heavy atom. The number of methoxy groups -OCH3 is 6. The van der Waals surface area contributed by atoms with Crippen LogP contribution in [0, 0.1) is 5.92 Å². The molecule has 2 amide bonds. The van der Waals surface area contributed by atoms with Gasteiger partial charge < -0.3 is 43.5 Å². The molecule has 7 rings (SSSR count). The van der Waals surface area contributed by atoms with E-state index in [2.05, 4.69) is 60.5 Å². The lowest BCUT2D eigenvalue weighted by molar-refractivity contribution is 0.0708. The van der Waals surface area contributed by atoms with Gasteiger partial charge in [0.1, 0.15) is 0 Å². The number of carbonyl (C=O) groups is 2. The Balaban J connectivity index is 0.000000232. The van der Waals surface area contributed by atoms with Gasteiger partial charge >= 0.3 is 0 Å². The van der Waals surface area contributed by atoms with Crippen molar-refractivity contribution < 1.29 is 38.0 Å². The summed E-state index contributed by atoms with van der Waals surface area (Å²) in [4.78, 5) is 34.2. The van der Waals surface area contributed by atoms with Crippen molar-refractivity contribution in [2.24, 2.45) is 5.92 Å². The molecule has 4 aromatic carbocycles. The van der Waals surface area contributed by atoms with Crippen LogP contribution >= 0.6 is 0 Å². The number of nitrogens with zero attached hydrogens (tertiary/aromatic N) is 3. The zero-order valence-electron chi connectivity index (χ0n) is 42.4. The topological polar surface area (TPSA) is 111 Å². The highest BCUT2D eigenvalue weighted by Gasteiger charge is 2.32. The molecule has 0 spiro atoms. The highest BCUT2D eigenvalue weighted by molar-refractivity contribution is 5.96. The average molecular weight is 945 g/mol. The van der Waals surface area contributed by atoms with Crippen LogP contribution in [0.3, 0.4) is 0 Å². The van der Waals surface area contributed by atoms with Crippen molar-refractivity contribution in [3.63, 3.8) is 0 Å². The van der Waals surface area contributed by atoms with Crippen molar-refractivity contribution in [1.29, 1.82) is 0 Å². The largest absolute Gasteiger partial charge is 0.493 e. The van der Waals surface area contributed by atoms with Gasteiger partial charge in [-0.3, -0.25) is 14.5 Å². The van der Waals surface area contributed by atoms with Crippen molar-refractivity contribution in [1.82, 2.24) is 20.0 Å². The van der Waals surface area contributed by atoms with Gasteiger partial charge in [-0.25, -0.2) is 0 Å². The molecule has 69 heavy (non-hydrogen) atoms. The summed E-state index contributed by atoms with van der Waals surface area (Å²) in [5.74, 6) is 3.62. The highest BCUT2D eigenvalue weighted by Crippen LogP contribution is 2.40. The summed E-state index contributed by atoms with van der Waals surface area (Å²) < 4.78 is 32.9. The van der Waals surface area contributed by atoms with Gasteiger partial charge in [0.25, 0.3) is 11.8 Å². The van der Waals surface area contributed by atoms with Gasteiger partial charge in [-0.15, -0.1) is 0 Å². The summed E-state index contributed by atoms with van der Waals surface area (Å²) in [6.07, 6.45) is 15.6. The first-order valence-corrected chi connectivity index (χ1v) is 24.7. The summed E-state index contributed by atoms with van der Waals surface area (Å²) in [5, 5.41) is 3.50. The number of ether oxygens (including phenoxy) is 6. The van der Waals surface area contributed by atoms with Crippen LogP contribution in [-0.4, -0.2) is 127 Å². The van der Waals surface area contributed by atoms with E-state index in [-0.39, 0.29) is 11.8 Å². The Labute approximate surface area is 411 Å². The second-order valence-corrected chi connectivity index (χ2v) is 18.6. The van der Waals surface area contributed by atoms with Crippen LogP contribution in [0.25, 0.3) is 12.2 Å². The van der Waals surface area contributed by atoms with Crippen LogP contribution in [0.2, 0.25) is 0 Å². The maximum absolute atomic E-state index is 14.1. The van der Waals surface area contributed by atoms with Gasteiger partial charge in [-0.2, -0.15) is 0 Å². The first kappa shape index (κ1) is 52.4. The molecule has 2 atom stereocenters. The molecule has 3 fully saturated rings. The lowest BCUT2D eigenvalue weighted by atomic mass is 9.89. The fourth-order valence-corrected chi connectivity index (χ4v) is 10.1. The van der Waals surface area contributed by atoms with E-state index in [9.17, 15) is 9.59 Å². The second kappa shape index (κ2) is 26.7. The Hall–Kier alpha value is -5.98. The molecule has 3 aliphatic rings. The monoisotopic (exact) mass is 945 g/mol. The van der Waals surface area contributed by atoms with E-state index in [1.54, 1.807) is 66.9 Å². The van der Waals surface area contributed by atoms with Gasteiger partial charge in [-0.1, -0.05) is 103 Å². The number of hydrogen-bond acceptors (Lipinski definition) is 10. The van der Waals surface area contributed by atoms with Crippen molar-refractivity contribution in [2.45, 2.75) is 83.7 Å². The molecule has 2 heterocycles. The van der Waals surface area contributed by atoms with Crippen LogP contribution in [0.4, 0.5) is 0 Å². The smallest absolute Gasteiger partial charge is 0.254 e. The molecule has 1 saturated carbocycles. The molecule has 2 aliphatic heterocycles. The van der Waals surface area contributed by atoms with Gasteiger partial charge in [0.15, 0.2) is 23.0 Å². The third-order valence-electron chi connectivity index (χ3n) is 13.5. The fourth-order valence-electron chi connectivity index (χ4n) is 10.1. The molecule has 0 radical (unpaired) electrons. The normalized spacial score (nSPS) is 17.6. The first-order valence-electron chi connectivity index (χ1n) is 24.7. The molecule has 4 aromatic rings. The number of nitrogens with one attached hydrogen (secondary N) is 1. The molecule has 12 heteroatoms. The van der Waals surface area contributed by atoms with E-state index in [0.717, 1.165) is 67.1 Å². The van der Waals surface area contributed by atoms with Gasteiger partial charge in [0, 0.05) is 55.9 Å². The highest BCUT2D eigenvalue weighted by atomic mass is 16.5. The van der Waals surface area contributed by atoms with E-state index < -0.39 is 0 Å². The van der Waals surface area contributed by atoms with Gasteiger partial charge in [0.2, 0.25) is 11.5 Å². The van der Waals surface area contributed by atoms with Crippen LogP contribution in [0.1, 0.15) is 103 Å². The predicted octanol–water partition coefficient (Wildman–Crippen LogP) is 10.3. The van der Waals surface area contributed by atoms with Crippen LogP contribution in [-0.2, 0) is 0 Å². The number of rotatable bonds is 20. The molecule has 2 saturated heterocycles. The zero-order chi connectivity index (χ0) is 49.1. The lowest BCUT2D eigenvalue weighted by Crippen LogP contribution is -2.45. The molecule has 12 nitrogen and oxygen atoms in total. The van der Waals surface area contributed by atoms with Crippen molar-refractivity contribution in [3.05, 3.63) is 118 Å². The quantitative estimate of drug-likeness (QED) is 0.0920. The number of likely N-dealkylation sites (tertiary alicyclic amines) is 1. The molecular weight excluding hydrogens is 869 g/mol. The van der Waals surface area contributed by atoms with Crippen molar-refractivity contribution in [3.8, 4) is 34.5 Å². The maximum Gasteiger partial charge on any atom is 0.254 e. The third kappa shape index (κ3) is 14.8. The minimum atomic E-state index is -0.0613. The van der Waals surface area contributed by atoms with E-state index in [0.29, 0.717) is 83.9 Å². The molecule has 1 aliphatic carbocycles. The first-order chi connectivity index (χ1) is 33.6. The molecule has 0 aromatic heterocycles. The van der Waals surface area contributed by atoms with Crippen LogP contribution in [0.5, 0.6) is 34.5 Å². The summed E-state index contributed by atoms with van der Waals surface area (Å²) >= 11 is 0. The Kier molecular flexibility index (Phi) is 20.3. The third-order valence-corrected chi connectivity index (χ3v) is 13.5. The molecule has 372 valence electrons. The molecule has 2 unspecified atom stereocenters. The Morgan fingerprint density at radius 2 is 1.04 bits per heavy atom. The number of benzene rings is 4. The number of carbonyl (C=O) groups excluding carboxylic acids is 2. The summed E-state index contributed by atoms with van der Waals surface area (Å²) in [6.45, 7) is 9.93. The predicted molar refractivity (Wildman–Crippen MR) is 276 cm³/mol. The van der Waals surface area contributed by atoms with Crippen molar-refractivity contribution >= 4 is 24.0 Å². The summed E-state index contributed by atoms with van der Waals surface area (Å²) in [6, 6.07) is 28.1. The SMILES string of the molecule is COc1cc(C(=O)N(C/C(C)=C/c2ccccc2)CC2CCCN2)cc(OC)c1OC.COc1cc(C(=O)N(C/C(C)=C/c2ccccc2)CC2CCCN2CC2CCCCC2)cc(OC)c1OC. The summed E-state index contributed by atoms with van der Waals surface area (Å²) in [7, 11) is 9.40. The average Bonchev–Trinajstić information content (AvgIpc) is 4.07. The minimum Gasteiger partial charge on any atom is -0.493 e. The van der Waals surface area contributed by atoms with Crippen LogP contribution in [0.15, 0.2) is 96.1 Å². The molecular formula is C57H76N4O8. The number of amides is 2. The minimum absolute atomic E-state index is 0.0189. The van der Waals surface area contributed by atoms with Crippen LogP contribution < -0.4 is 33.7 Å². The number of hydrogen-bond donors (Lipinski definition) is 1. The maximum atomic E-state index is 14.1. The van der Waals surface area contributed by atoms with E-state index >= 15 is 0 Å².